The van der Waals surface area contributed by atoms with E-state index in [1.54, 1.807) is 0 Å². The Hall–Kier alpha value is -0.120. The molecule has 0 aromatic rings. The molecule has 0 atom stereocenters. The van der Waals surface area contributed by atoms with Crippen LogP contribution in [-0.2, 0) is 9.47 Å². The van der Waals surface area contributed by atoms with Crippen LogP contribution in [0.1, 0.15) is 53.4 Å². The molecular weight excluding hydrogens is 226 g/mol. The van der Waals surface area contributed by atoms with Gasteiger partial charge in [0.25, 0.3) is 0 Å². The number of nitrogens with one attached hydrogen (secondary N) is 1. The summed E-state index contributed by atoms with van der Waals surface area (Å²) in [5.41, 5.74) is -0.0552. The summed E-state index contributed by atoms with van der Waals surface area (Å²) >= 11 is 0. The van der Waals surface area contributed by atoms with Crippen molar-refractivity contribution in [2.24, 2.45) is 5.92 Å². The van der Waals surface area contributed by atoms with Crippen LogP contribution < -0.4 is 5.32 Å². The van der Waals surface area contributed by atoms with Gasteiger partial charge in [-0.1, -0.05) is 6.92 Å². The summed E-state index contributed by atoms with van der Waals surface area (Å²) in [5, 5.41) is 3.58. The summed E-state index contributed by atoms with van der Waals surface area (Å²) in [5.74, 6) is 0.925. The Balaban J connectivity index is 1.87. The average molecular weight is 257 g/mol. The predicted molar refractivity (Wildman–Crippen MR) is 75.9 cm³/mol. The van der Waals surface area contributed by atoms with Crippen molar-refractivity contribution in [3.63, 3.8) is 0 Å². The van der Waals surface area contributed by atoms with E-state index in [4.69, 9.17) is 9.47 Å². The van der Waals surface area contributed by atoms with E-state index in [0.29, 0.717) is 13.2 Å². The van der Waals surface area contributed by atoms with Crippen LogP contribution in [0.5, 0.6) is 0 Å². The summed E-state index contributed by atoms with van der Waals surface area (Å²) in [6.07, 6.45) is 5.40. The first kappa shape index (κ1) is 15.9. The Kier molecular flexibility index (Phi) is 7.20. The third-order valence-corrected chi connectivity index (χ3v) is 3.46. The van der Waals surface area contributed by atoms with Gasteiger partial charge in [0, 0.05) is 12.6 Å². The molecule has 0 aromatic heterocycles. The van der Waals surface area contributed by atoms with Crippen molar-refractivity contribution >= 4 is 0 Å². The van der Waals surface area contributed by atoms with Gasteiger partial charge >= 0.3 is 0 Å². The third-order valence-electron chi connectivity index (χ3n) is 3.46. The highest BCUT2D eigenvalue weighted by Gasteiger charge is 2.17. The maximum Gasteiger partial charge on any atom is 0.0707 e. The van der Waals surface area contributed by atoms with Gasteiger partial charge in [0.15, 0.2) is 0 Å². The lowest BCUT2D eigenvalue weighted by Gasteiger charge is -2.27. The number of rotatable bonds is 7. The SMILES string of the molecule is CC1CCC(NCCOCCOC(C)(C)C)CC1. The van der Waals surface area contributed by atoms with Crippen LogP contribution in [0.2, 0.25) is 0 Å². The van der Waals surface area contributed by atoms with Crippen LogP contribution in [0.25, 0.3) is 0 Å². The van der Waals surface area contributed by atoms with E-state index in [1.807, 2.05) is 0 Å². The highest BCUT2D eigenvalue weighted by Crippen LogP contribution is 2.23. The summed E-state index contributed by atoms with van der Waals surface area (Å²) < 4.78 is 11.1. The Morgan fingerprint density at radius 2 is 1.67 bits per heavy atom. The minimum atomic E-state index is -0.0552. The molecule has 0 saturated heterocycles. The van der Waals surface area contributed by atoms with Gasteiger partial charge in [-0.05, 0) is 52.4 Å². The van der Waals surface area contributed by atoms with Crippen LogP contribution in [0.15, 0.2) is 0 Å². The van der Waals surface area contributed by atoms with Gasteiger partial charge < -0.3 is 14.8 Å². The Labute approximate surface area is 113 Å². The molecule has 3 nitrogen and oxygen atoms in total. The molecule has 0 heterocycles. The van der Waals surface area contributed by atoms with E-state index in [1.165, 1.54) is 25.7 Å². The molecule has 1 fully saturated rings. The summed E-state index contributed by atoms with van der Waals surface area (Å²) in [6.45, 7) is 11.7. The smallest absolute Gasteiger partial charge is 0.0707 e. The van der Waals surface area contributed by atoms with E-state index < -0.39 is 0 Å². The zero-order valence-corrected chi connectivity index (χ0v) is 12.6. The van der Waals surface area contributed by atoms with Crippen LogP contribution in [0, 0.1) is 5.92 Å². The van der Waals surface area contributed by atoms with Crippen molar-refractivity contribution in [1.82, 2.24) is 5.32 Å². The monoisotopic (exact) mass is 257 g/mol. The first-order valence-corrected chi connectivity index (χ1v) is 7.42. The van der Waals surface area contributed by atoms with Crippen LogP contribution in [0.4, 0.5) is 0 Å². The van der Waals surface area contributed by atoms with Crippen molar-refractivity contribution < 1.29 is 9.47 Å². The van der Waals surface area contributed by atoms with E-state index in [9.17, 15) is 0 Å². The molecule has 1 aliphatic rings. The average Bonchev–Trinajstić information content (AvgIpc) is 2.29. The molecule has 1 aliphatic carbocycles. The van der Waals surface area contributed by atoms with Crippen molar-refractivity contribution in [2.45, 2.75) is 65.0 Å². The predicted octanol–water partition coefficient (Wildman–Crippen LogP) is 2.99. The second-order valence-electron chi connectivity index (χ2n) is 6.48. The molecule has 0 aromatic carbocycles. The van der Waals surface area contributed by atoms with E-state index in [-0.39, 0.29) is 5.60 Å². The zero-order valence-electron chi connectivity index (χ0n) is 12.6. The van der Waals surface area contributed by atoms with Gasteiger partial charge in [0.2, 0.25) is 0 Å². The molecular formula is C15H31NO2. The highest BCUT2D eigenvalue weighted by atomic mass is 16.5. The molecule has 108 valence electrons. The summed E-state index contributed by atoms with van der Waals surface area (Å²) in [4.78, 5) is 0. The fraction of sp³-hybridized carbons (Fsp3) is 1.00. The minimum absolute atomic E-state index is 0.0552. The van der Waals surface area contributed by atoms with Crippen LogP contribution in [0.3, 0.4) is 0 Å². The van der Waals surface area contributed by atoms with Crippen molar-refractivity contribution in [1.29, 1.82) is 0 Å². The van der Waals surface area contributed by atoms with Crippen LogP contribution >= 0.6 is 0 Å². The normalized spacial score (nSPS) is 25.3. The molecule has 0 amide bonds. The standard InChI is InChI=1S/C15H31NO2/c1-13-5-7-14(8-6-13)16-9-10-17-11-12-18-15(2,3)4/h13-14,16H,5-12H2,1-4H3. The van der Waals surface area contributed by atoms with Crippen molar-refractivity contribution in [2.75, 3.05) is 26.4 Å². The largest absolute Gasteiger partial charge is 0.378 e. The maximum absolute atomic E-state index is 5.59. The van der Waals surface area contributed by atoms with Gasteiger partial charge in [0.1, 0.15) is 0 Å². The lowest BCUT2D eigenvalue weighted by Crippen LogP contribution is -2.35. The van der Waals surface area contributed by atoms with Gasteiger partial charge in [-0.25, -0.2) is 0 Å². The molecule has 1 N–H and O–H groups in total. The quantitative estimate of drug-likeness (QED) is 0.711. The van der Waals surface area contributed by atoms with E-state index in [0.717, 1.165) is 25.1 Å². The van der Waals surface area contributed by atoms with E-state index >= 15 is 0 Å². The summed E-state index contributed by atoms with van der Waals surface area (Å²) in [7, 11) is 0. The van der Waals surface area contributed by atoms with Gasteiger partial charge in [-0.2, -0.15) is 0 Å². The van der Waals surface area contributed by atoms with Gasteiger partial charge in [-0.15, -0.1) is 0 Å². The van der Waals surface area contributed by atoms with Gasteiger partial charge in [-0.3, -0.25) is 0 Å². The molecule has 1 rings (SSSR count). The van der Waals surface area contributed by atoms with Crippen LogP contribution in [-0.4, -0.2) is 38.0 Å². The fourth-order valence-corrected chi connectivity index (χ4v) is 2.31. The maximum atomic E-state index is 5.59. The molecule has 3 heteroatoms. The number of ether oxygens (including phenoxy) is 2. The van der Waals surface area contributed by atoms with Crippen molar-refractivity contribution in [3.8, 4) is 0 Å². The Morgan fingerprint density at radius 1 is 1.00 bits per heavy atom. The van der Waals surface area contributed by atoms with Gasteiger partial charge in [0.05, 0.1) is 25.4 Å². The van der Waals surface area contributed by atoms with E-state index in [2.05, 4.69) is 33.0 Å². The molecule has 0 bridgehead atoms. The fourth-order valence-electron chi connectivity index (χ4n) is 2.31. The number of hydrogen-bond acceptors (Lipinski definition) is 3. The van der Waals surface area contributed by atoms with Crippen molar-refractivity contribution in [3.05, 3.63) is 0 Å². The molecule has 0 unspecified atom stereocenters. The lowest BCUT2D eigenvalue weighted by molar-refractivity contribution is -0.0345. The Bertz CT molecular complexity index is 205. The number of hydrogen-bond donors (Lipinski definition) is 1. The molecule has 1 saturated carbocycles. The molecule has 18 heavy (non-hydrogen) atoms. The summed E-state index contributed by atoms with van der Waals surface area (Å²) in [6, 6.07) is 0.718. The first-order chi connectivity index (χ1) is 8.47. The molecule has 0 spiro atoms. The first-order valence-electron chi connectivity index (χ1n) is 7.42. The second kappa shape index (κ2) is 8.13. The second-order valence-corrected chi connectivity index (χ2v) is 6.48. The lowest BCUT2D eigenvalue weighted by atomic mass is 9.87. The molecule has 0 radical (unpaired) electrons. The minimum Gasteiger partial charge on any atom is -0.378 e. The Morgan fingerprint density at radius 3 is 2.28 bits per heavy atom. The molecule has 0 aliphatic heterocycles. The highest BCUT2D eigenvalue weighted by molar-refractivity contribution is 4.74. The third kappa shape index (κ3) is 8.06. The zero-order chi connectivity index (χ0) is 13.4. The topological polar surface area (TPSA) is 30.5 Å².